The van der Waals surface area contributed by atoms with Crippen molar-refractivity contribution < 1.29 is 187 Å². The van der Waals surface area contributed by atoms with Crippen LogP contribution in [-0.4, -0.2) is 116 Å². The van der Waals surface area contributed by atoms with Crippen LogP contribution in [0.2, 0.25) is 0 Å². The molecule has 0 spiro atoms. The first-order valence-corrected chi connectivity index (χ1v) is 25.2. The molecule has 14 nitrogen and oxygen atoms in total. The van der Waals surface area contributed by atoms with E-state index in [0.29, 0.717) is 17.7 Å². The molecule has 6 rings (SSSR count). The van der Waals surface area contributed by atoms with Crippen LogP contribution in [0.25, 0.3) is 11.1 Å². The van der Waals surface area contributed by atoms with Crippen molar-refractivity contribution in [2.24, 2.45) is 0 Å². The van der Waals surface area contributed by atoms with Gasteiger partial charge in [0.1, 0.15) is 29.3 Å². The second kappa shape index (κ2) is 20.9. The van der Waals surface area contributed by atoms with Gasteiger partial charge in [0.25, 0.3) is 0 Å². The summed E-state index contributed by atoms with van der Waals surface area (Å²) in [5, 5.41) is -3.64. The zero-order valence-electron chi connectivity index (χ0n) is 40.7. The molecule has 0 radical (unpaired) electrons. The molecular weight excluding hydrogens is 1360 g/mol. The Morgan fingerprint density at radius 1 is 0.460 bits per heavy atom. The largest absolute Gasteiger partial charge is 0.460 e. The van der Waals surface area contributed by atoms with E-state index in [1.807, 2.05) is 4.74 Å². The Morgan fingerprint density at radius 3 is 1.17 bits per heavy atom. The molecule has 0 saturated heterocycles. The van der Waals surface area contributed by atoms with Crippen molar-refractivity contribution in [3.63, 3.8) is 0 Å². The van der Waals surface area contributed by atoms with Gasteiger partial charge < -0.3 is 18.9 Å². The standard InChI is InChI=1S/C42H22F28O14S3/c1-17-3-9-21(10-4-17)86(72,73)22-11-7-20(8-12-22)78-35(57)31(51,52)32(53,54)36(35,58)80-26-14-6-19(16-24(26)28(45,46)38(61,62)82-40(65,66)42(69,70)87(74,75)76)18-5-13-25(79-34(56)30(49,50)29(47,48)33(34,55)77-2)23(15-18)27(43,44)37(59,60)81-39(63,64)41(67,68)85-84-83-71/h3-16,71H,1-2H3,(H,74,75,76). The molecule has 2 fully saturated rings. The van der Waals surface area contributed by atoms with Crippen molar-refractivity contribution in [3.05, 3.63) is 102 Å². The molecule has 2 N–H and O–H groups in total. The van der Waals surface area contributed by atoms with Gasteiger partial charge in [-0.3, -0.25) is 4.55 Å². The highest BCUT2D eigenvalue weighted by molar-refractivity contribution is 7.95. The predicted molar refractivity (Wildman–Crippen MR) is 223 cm³/mol. The lowest BCUT2D eigenvalue weighted by Crippen LogP contribution is -2.89. The first kappa shape index (κ1) is 70.4. The maximum atomic E-state index is 16.6. The highest BCUT2D eigenvalue weighted by atomic mass is 32.2. The third kappa shape index (κ3) is 10.1. The van der Waals surface area contributed by atoms with Crippen molar-refractivity contribution in [2.75, 3.05) is 7.11 Å². The molecule has 0 aromatic heterocycles. The van der Waals surface area contributed by atoms with E-state index in [0.717, 1.165) is 12.1 Å². The molecule has 2 saturated carbocycles. The Morgan fingerprint density at radius 2 is 0.805 bits per heavy atom. The minimum atomic E-state index is -7.85. The summed E-state index contributed by atoms with van der Waals surface area (Å²) in [5.74, 6) is -75.5. The van der Waals surface area contributed by atoms with Gasteiger partial charge in [-0.1, -0.05) is 34.9 Å². The lowest BCUT2D eigenvalue weighted by molar-refractivity contribution is -0.539. The molecule has 2 aliphatic rings. The first-order valence-electron chi connectivity index (χ1n) is 21.5. The van der Waals surface area contributed by atoms with Crippen molar-refractivity contribution >= 4 is 32.0 Å². The van der Waals surface area contributed by atoms with E-state index in [1.54, 1.807) is 0 Å². The molecule has 0 heterocycles. The van der Waals surface area contributed by atoms with Gasteiger partial charge in [-0.2, -0.15) is 131 Å². The number of hydrogen-bond donors (Lipinski definition) is 2. The van der Waals surface area contributed by atoms with Gasteiger partial charge in [0.15, 0.2) is 0 Å². The Bertz CT molecular complexity index is 3510. The molecule has 0 amide bonds. The number of methoxy groups -OCH3 is 1. The fraction of sp³-hybridized carbons (Fsp3) is 0.429. The monoisotopic (exact) mass is 1380 g/mol. The van der Waals surface area contributed by atoms with E-state index in [9.17, 15) is 69.5 Å². The summed E-state index contributed by atoms with van der Waals surface area (Å²) in [6.07, 6.45) is -30.4. The van der Waals surface area contributed by atoms with E-state index in [1.165, 1.54) is 19.1 Å². The summed E-state index contributed by atoms with van der Waals surface area (Å²) in [6, 6.07) is -0.182. The van der Waals surface area contributed by atoms with Crippen LogP contribution in [0.4, 0.5) is 123 Å². The predicted octanol–water partition coefficient (Wildman–Crippen LogP) is 13.9. The second-order valence-electron chi connectivity index (χ2n) is 17.6. The summed E-state index contributed by atoms with van der Waals surface area (Å²) >= 11 is -2.27. The molecule has 488 valence electrons. The van der Waals surface area contributed by atoms with Crippen molar-refractivity contribution in [2.45, 2.75) is 111 Å². The normalized spacial score (nSPS) is 24.4. The van der Waals surface area contributed by atoms with Crippen LogP contribution >= 0.6 is 12.0 Å². The van der Waals surface area contributed by atoms with Gasteiger partial charge in [0.05, 0.1) is 20.9 Å². The molecular formula is C42H22F28O14S3. The van der Waals surface area contributed by atoms with Crippen LogP contribution in [0.5, 0.6) is 17.2 Å². The fourth-order valence-electron chi connectivity index (χ4n) is 7.37. The topological polar surface area (TPSA) is 183 Å². The zero-order valence-corrected chi connectivity index (χ0v) is 43.1. The second-order valence-corrected chi connectivity index (χ2v) is 21.8. The Balaban J connectivity index is 1.59. The van der Waals surface area contributed by atoms with Crippen LogP contribution in [0.15, 0.2) is 94.7 Å². The van der Waals surface area contributed by atoms with Crippen LogP contribution in [-0.2, 0) is 55.4 Å². The summed E-state index contributed by atoms with van der Waals surface area (Å²) in [4.78, 5) is -1.42. The van der Waals surface area contributed by atoms with E-state index in [4.69, 9.17) is 9.81 Å². The minimum Gasteiger partial charge on any atom is -0.447 e. The molecule has 4 aromatic rings. The molecule has 87 heavy (non-hydrogen) atoms. The molecule has 2 aliphatic carbocycles. The van der Waals surface area contributed by atoms with Crippen LogP contribution in [0, 0.1) is 6.92 Å². The first-order chi connectivity index (χ1) is 38.8. The minimum absolute atomic E-state index is 0.0791. The molecule has 4 atom stereocenters. The average molecular weight is 1380 g/mol. The molecule has 0 bridgehead atoms. The highest BCUT2D eigenvalue weighted by Crippen LogP contribution is 2.71. The summed E-state index contributed by atoms with van der Waals surface area (Å²) in [7, 11) is -12.9. The van der Waals surface area contributed by atoms with Gasteiger partial charge in [-0.25, -0.2) is 23.1 Å². The van der Waals surface area contributed by atoms with Gasteiger partial charge in [0, 0.05) is 7.11 Å². The van der Waals surface area contributed by atoms with Gasteiger partial charge in [-0.15, -0.1) is 4.33 Å². The van der Waals surface area contributed by atoms with Crippen LogP contribution in [0.1, 0.15) is 16.7 Å². The van der Waals surface area contributed by atoms with E-state index in [-0.39, 0.29) is 12.1 Å². The number of benzene rings is 4. The molecule has 0 aliphatic heterocycles. The lowest BCUT2D eigenvalue weighted by atomic mass is 9.76. The van der Waals surface area contributed by atoms with Crippen molar-refractivity contribution in [3.8, 4) is 28.4 Å². The van der Waals surface area contributed by atoms with E-state index < -0.39 is 219 Å². The summed E-state index contributed by atoms with van der Waals surface area (Å²) < 4.78 is 500. The third-order valence-electron chi connectivity index (χ3n) is 12.1. The van der Waals surface area contributed by atoms with E-state index >= 15 is 70.2 Å². The Kier molecular flexibility index (Phi) is 16.9. The lowest BCUT2D eigenvalue weighted by Gasteiger charge is -2.55. The number of ether oxygens (including phenoxy) is 6. The number of hydrogen-bond acceptors (Lipinski definition) is 14. The number of rotatable bonds is 24. The van der Waals surface area contributed by atoms with E-state index in [2.05, 4.69) is 33.1 Å². The SMILES string of the molecule is COC1(F)C(F)(F)C(F)(F)C1(F)Oc1ccc(-c2ccc(OC3(F)C(F)(F)C(F)(F)C3(F)Oc3ccc(S(=O)(=O)c4ccc(C)cc4)cc3)c(C(F)(F)C(F)(F)OC(F)(F)C(F)(F)S(=O)(=O)O)c2)cc1C(F)(F)C(F)(F)OC(F)(F)C(F)(F)SOOO. The number of alkyl halides is 28. The number of sulfone groups is 1. The van der Waals surface area contributed by atoms with Crippen molar-refractivity contribution in [1.29, 1.82) is 0 Å². The van der Waals surface area contributed by atoms with Crippen LogP contribution < -0.4 is 14.2 Å². The summed E-state index contributed by atoms with van der Waals surface area (Å²) in [5.41, 5.74) is -11.1. The Hall–Kier alpha value is -5.71. The zero-order chi connectivity index (χ0) is 67.0. The van der Waals surface area contributed by atoms with Crippen LogP contribution in [0.3, 0.4) is 0 Å². The maximum Gasteiger partial charge on any atom is 0.460 e. The fourth-order valence-corrected chi connectivity index (χ4v) is 9.23. The Labute approximate surface area is 466 Å². The maximum absolute atomic E-state index is 16.6. The van der Waals surface area contributed by atoms with Crippen molar-refractivity contribution in [1.82, 2.24) is 0 Å². The molecule has 4 unspecified atom stereocenters. The number of aryl methyl sites for hydroxylation is 1. The smallest absolute Gasteiger partial charge is 0.447 e. The van der Waals surface area contributed by atoms with Gasteiger partial charge in [0.2, 0.25) is 9.84 Å². The molecule has 4 aromatic carbocycles. The average Bonchev–Trinajstić information content (AvgIpc) is 0.664. The third-order valence-corrected chi connectivity index (χ3v) is 15.4. The number of halogens is 28. The summed E-state index contributed by atoms with van der Waals surface area (Å²) in [6.45, 7) is 1.48. The van der Waals surface area contributed by atoms with Gasteiger partial charge >= 0.3 is 104 Å². The molecule has 45 heteroatoms. The van der Waals surface area contributed by atoms with Gasteiger partial charge in [-0.05, 0) is 78.7 Å². The highest BCUT2D eigenvalue weighted by Gasteiger charge is 3.04. The quantitative estimate of drug-likeness (QED) is 0.0222.